The zero-order valence-corrected chi connectivity index (χ0v) is 20.1. The zero-order chi connectivity index (χ0) is 24.2. The van der Waals surface area contributed by atoms with Gasteiger partial charge in [-0.1, -0.05) is 30.3 Å². The van der Waals surface area contributed by atoms with Gasteiger partial charge in [0.25, 0.3) is 5.91 Å². The Hall–Kier alpha value is -3.93. The number of nitrogens with zero attached hydrogens (tertiary/aromatic N) is 2. The van der Waals surface area contributed by atoms with Gasteiger partial charge in [-0.05, 0) is 92.5 Å². The van der Waals surface area contributed by atoms with Crippen molar-refractivity contribution in [2.75, 3.05) is 5.32 Å². The van der Waals surface area contributed by atoms with E-state index in [2.05, 4.69) is 60.0 Å². The van der Waals surface area contributed by atoms with Crippen molar-refractivity contribution in [2.24, 2.45) is 0 Å². The second-order valence-electron chi connectivity index (χ2n) is 9.28. The smallest absolute Gasteiger partial charge is 0.285 e. The van der Waals surface area contributed by atoms with E-state index < -0.39 is 0 Å². The molecule has 2 N–H and O–H groups in total. The van der Waals surface area contributed by atoms with Gasteiger partial charge in [0.2, 0.25) is 0 Å². The number of carbonyl (C=O) groups is 1. The van der Waals surface area contributed by atoms with Crippen LogP contribution in [-0.2, 0) is 0 Å². The van der Waals surface area contributed by atoms with Gasteiger partial charge in [-0.15, -0.1) is 0 Å². The Labute approximate surface area is 205 Å². The van der Waals surface area contributed by atoms with Crippen molar-refractivity contribution < 1.29 is 9.63 Å². The largest absolute Gasteiger partial charge is 0.379 e. The predicted molar refractivity (Wildman–Crippen MR) is 139 cm³/mol. The Kier molecular flexibility index (Phi) is 6.62. The van der Waals surface area contributed by atoms with Crippen molar-refractivity contribution in [2.45, 2.75) is 51.5 Å². The maximum Gasteiger partial charge on any atom is 0.285 e. The summed E-state index contributed by atoms with van der Waals surface area (Å²) in [6.07, 6.45) is 7.51. The predicted octanol–water partition coefficient (Wildman–Crippen LogP) is 6.11. The Morgan fingerprint density at radius 2 is 1.80 bits per heavy atom. The lowest BCUT2D eigenvalue weighted by molar-refractivity contribution is 0.0758. The summed E-state index contributed by atoms with van der Waals surface area (Å²) in [6, 6.07) is 20.4. The molecule has 0 atom stereocenters. The number of hydroxylamine groups is 1. The number of fused-ring (bicyclic) bond motifs is 1. The van der Waals surface area contributed by atoms with Gasteiger partial charge in [0.05, 0.1) is 11.1 Å². The summed E-state index contributed by atoms with van der Waals surface area (Å²) in [7, 11) is 0. The summed E-state index contributed by atoms with van der Waals surface area (Å²) in [6.45, 7) is 4.20. The van der Waals surface area contributed by atoms with Crippen LogP contribution in [0.3, 0.4) is 0 Å². The highest BCUT2D eigenvalue weighted by Crippen LogP contribution is 2.37. The minimum absolute atomic E-state index is 0.313. The number of hydrogen-bond acceptors (Lipinski definition) is 5. The molecule has 4 aromatic rings. The van der Waals surface area contributed by atoms with E-state index in [0.29, 0.717) is 23.3 Å². The molecule has 35 heavy (non-hydrogen) atoms. The van der Waals surface area contributed by atoms with E-state index in [0.717, 1.165) is 42.6 Å². The number of rotatable bonds is 6. The number of hydrogen-bond donors (Lipinski definition) is 2. The van der Waals surface area contributed by atoms with E-state index in [1.165, 1.54) is 22.7 Å². The third-order valence-corrected chi connectivity index (χ3v) is 6.95. The highest BCUT2D eigenvalue weighted by Gasteiger charge is 2.25. The van der Waals surface area contributed by atoms with Crippen LogP contribution in [0.4, 0.5) is 5.82 Å². The molecule has 1 saturated carbocycles. The van der Waals surface area contributed by atoms with Gasteiger partial charge in [-0.25, -0.2) is 4.98 Å². The Bertz CT molecular complexity index is 1330. The van der Waals surface area contributed by atoms with Crippen LogP contribution in [0.2, 0.25) is 0 Å². The first-order valence-electron chi connectivity index (χ1n) is 12.2. The lowest BCUT2D eigenvalue weighted by Crippen LogP contribution is -2.28. The normalized spacial score (nSPS) is 17.7. The molecule has 0 spiro atoms. The zero-order valence-electron chi connectivity index (χ0n) is 20.1. The molecule has 1 fully saturated rings. The SMILES string of the molecule is Cc1cc(N[C@H]2CC[C@@H](c3cccc(ONC(=O)c4cccnc4)c3C)CC2)nc2ccccc12. The summed E-state index contributed by atoms with van der Waals surface area (Å²) in [5.41, 5.74) is 7.64. The standard InChI is InChI=1S/C29H30N4O2/c1-19-17-28(32-26-10-4-3-8-24(19)26)31-23-14-12-21(13-15-23)25-9-5-11-27(20(25)2)35-33-29(34)22-7-6-16-30-18-22/h3-11,16-18,21,23H,12-15H2,1-2H3,(H,31,32)(H,33,34)/t21-,23+. The Morgan fingerprint density at radius 1 is 0.971 bits per heavy atom. The van der Waals surface area contributed by atoms with Gasteiger partial charge in [0, 0.05) is 23.8 Å². The van der Waals surface area contributed by atoms with Gasteiger partial charge in [0.15, 0.2) is 5.75 Å². The topological polar surface area (TPSA) is 76.1 Å². The molecule has 2 aromatic carbocycles. The van der Waals surface area contributed by atoms with Crippen LogP contribution < -0.4 is 15.6 Å². The van der Waals surface area contributed by atoms with Crippen LogP contribution in [0.25, 0.3) is 10.9 Å². The molecule has 5 rings (SSSR count). The van der Waals surface area contributed by atoms with E-state index in [4.69, 9.17) is 9.82 Å². The molecular formula is C29H30N4O2. The number of nitrogens with one attached hydrogen (secondary N) is 2. The van der Waals surface area contributed by atoms with Crippen LogP contribution in [0.1, 0.15) is 58.6 Å². The molecule has 6 nitrogen and oxygen atoms in total. The first-order valence-corrected chi connectivity index (χ1v) is 12.2. The van der Waals surface area contributed by atoms with Gasteiger partial charge >= 0.3 is 0 Å². The van der Waals surface area contributed by atoms with Gasteiger partial charge < -0.3 is 10.2 Å². The van der Waals surface area contributed by atoms with Crippen molar-refractivity contribution in [3.05, 3.63) is 95.3 Å². The van der Waals surface area contributed by atoms with Crippen molar-refractivity contribution in [1.29, 1.82) is 0 Å². The van der Waals surface area contributed by atoms with E-state index >= 15 is 0 Å². The van der Waals surface area contributed by atoms with Crippen molar-refractivity contribution >= 4 is 22.6 Å². The molecule has 2 heterocycles. The molecule has 0 radical (unpaired) electrons. The molecule has 1 aliphatic carbocycles. The number of pyridine rings is 2. The molecule has 178 valence electrons. The number of carbonyl (C=O) groups excluding carboxylic acids is 1. The maximum atomic E-state index is 12.3. The van der Waals surface area contributed by atoms with E-state index in [1.54, 1.807) is 18.3 Å². The molecular weight excluding hydrogens is 436 g/mol. The molecule has 1 aliphatic rings. The van der Waals surface area contributed by atoms with E-state index in [9.17, 15) is 4.79 Å². The third kappa shape index (κ3) is 5.11. The summed E-state index contributed by atoms with van der Waals surface area (Å²) < 4.78 is 0. The molecule has 0 unspecified atom stereocenters. The minimum atomic E-state index is -0.313. The summed E-state index contributed by atoms with van der Waals surface area (Å²) >= 11 is 0. The van der Waals surface area contributed by atoms with Crippen LogP contribution in [-0.4, -0.2) is 21.9 Å². The van der Waals surface area contributed by atoms with Crippen molar-refractivity contribution in [3.8, 4) is 5.75 Å². The highest BCUT2D eigenvalue weighted by molar-refractivity contribution is 5.93. The van der Waals surface area contributed by atoms with Crippen LogP contribution in [0.5, 0.6) is 5.75 Å². The van der Waals surface area contributed by atoms with Crippen molar-refractivity contribution in [1.82, 2.24) is 15.4 Å². The number of benzene rings is 2. The Balaban J connectivity index is 1.20. The average Bonchev–Trinajstić information content (AvgIpc) is 2.89. The quantitative estimate of drug-likeness (QED) is 0.335. The molecule has 0 bridgehead atoms. The summed E-state index contributed by atoms with van der Waals surface area (Å²) in [5, 5.41) is 4.88. The molecule has 2 aromatic heterocycles. The molecule has 0 saturated heterocycles. The van der Waals surface area contributed by atoms with Crippen LogP contribution >= 0.6 is 0 Å². The molecule has 1 amide bonds. The van der Waals surface area contributed by atoms with Crippen molar-refractivity contribution in [3.63, 3.8) is 0 Å². The molecule has 6 heteroatoms. The van der Waals surface area contributed by atoms with Gasteiger partial charge in [0.1, 0.15) is 5.82 Å². The van der Waals surface area contributed by atoms with Crippen LogP contribution in [0.15, 0.2) is 73.1 Å². The minimum Gasteiger partial charge on any atom is -0.379 e. The average molecular weight is 467 g/mol. The third-order valence-electron chi connectivity index (χ3n) is 6.95. The van der Waals surface area contributed by atoms with Gasteiger partial charge in [-0.2, -0.15) is 5.48 Å². The van der Waals surface area contributed by atoms with E-state index in [1.807, 2.05) is 18.2 Å². The van der Waals surface area contributed by atoms with Gasteiger partial charge in [-0.3, -0.25) is 9.78 Å². The fraction of sp³-hybridized carbons (Fsp3) is 0.276. The fourth-order valence-corrected chi connectivity index (χ4v) is 5.02. The maximum absolute atomic E-state index is 12.3. The number of para-hydroxylation sites is 1. The van der Waals surface area contributed by atoms with Crippen LogP contribution in [0, 0.1) is 13.8 Å². The second kappa shape index (κ2) is 10.1. The Morgan fingerprint density at radius 3 is 2.60 bits per heavy atom. The first kappa shape index (κ1) is 22.8. The summed E-state index contributed by atoms with van der Waals surface area (Å²) in [4.78, 5) is 26.8. The number of aromatic nitrogens is 2. The number of anilines is 1. The number of amides is 1. The number of aryl methyl sites for hydroxylation is 1. The first-order chi connectivity index (χ1) is 17.1. The fourth-order valence-electron chi connectivity index (χ4n) is 5.02. The lowest BCUT2D eigenvalue weighted by Gasteiger charge is -2.31. The molecule has 0 aliphatic heterocycles. The monoisotopic (exact) mass is 466 g/mol. The summed E-state index contributed by atoms with van der Waals surface area (Å²) in [5.74, 6) is 1.79. The second-order valence-corrected chi connectivity index (χ2v) is 9.28. The highest BCUT2D eigenvalue weighted by atomic mass is 16.7. The lowest BCUT2D eigenvalue weighted by atomic mass is 9.80. The van der Waals surface area contributed by atoms with E-state index in [-0.39, 0.29) is 5.91 Å².